The zero-order valence-electron chi connectivity index (χ0n) is 13.0. The van der Waals surface area contributed by atoms with Gasteiger partial charge in [0.05, 0.1) is 30.5 Å². The highest BCUT2D eigenvalue weighted by Crippen LogP contribution is 2.30. The third-order valence-electron chi connectivity index (χ3n) is 3.76. The lowest BCUT2D eigenvalue weighted by Gasteiger charge is -2.08. The highest BCUT2D eigenvalue weighted by molar-refractivity contribution is 6.28. The number of fused-ring (bicyclic) bond motifs is 1. The molecule has 24 heavy (non-hydrogen) atoms. The Morgan fingerprint density at radius 2 is 2.29 bits per heavy atom. The second kappa shape index (κ2) is 6.76. The molecule has 1 atom stereocenters. The fourth-order valence-corrected chi connectivity index (χ4v) is 2.70. The van der Waals surface area contributed by atoms with Gasteiger partial charge in [0.15, 0.2) is 5.82 Å². The van der Waals surface area contributed by atoms with E-state index in [9.17, 15) is 4.39 Å². The Labute approximate surface area is 142 Å². The third kappa shape index (κ3) is 3.08. The van der Waals surface area contributed by atoms with Crippen molar-refractivity contribution in [3.63, 3.8) is 0 Å². The van der Waals surface area contributed by atoms with E-state index >= 15 is 0 Å². The average Bonchev–Trinajstić information content (AvgIpc) is 3.16. The van der Waals surface area contributed by atoms with E-state index in [4.69, 9.17) is 26.9 Å². The molecule has 0 aliphatic carbocycles. The Bertz CT molecular complexity index is 850. The number of anilines is 1. The summed E-state index contributed by atoms with van der Waals surface area (Å²) in [5.41, 5.74) is 6.43. The first-order chi connectivity index (χ1) is 11.5. The molecule has 128 valence electrons. The summed E-state index contributed by atoms with van der Waals surface area (Å²) in [6, 6.07) is 2.99. The molecule has 9 heteroatoms. The van der Waals surface area contributed by atoms with E-state index in [-0.39, 0.29) is 29.5 Å². The van der Waals surface area contributed by atoms with Crippen LogP contribution in [0.15, 0.2) is 22.8 Å². The van der Waals surface area contributed by atoms with E-state index in [0.717, 1.165) is 0 Å². The number of aliphatic hydroxyl groups excluding tert-OH is 1. The number of hydrogen-bond donors (Lipinski definition) is 3. The van der Waals surface area contributed by atoms with Gasteiger partial charge in [-0.15, -0.1) is 0 Å². The smallest absolute Gasteiger partial charge is 0.226 e. The molecule has 0 saturated carbocycles. The first-order valence-corrected chi connectivity index (χ1v) is 7.72. The summed E-state index contributed by atoms with van der Waals surface area (Å²) in [6.45, 7) is 0.0895. The molecule has 3 heterocycles. The fourth-order valence-electron chi connectivity index (χ4n) is 2.54. The zero-order chi connectivity index (χ0) is 17.3. The summed E-state index contributed by atoms with van der Waals surface area (Å²) >= 11 is 5.96. The molecule has 3 aromatic heterocycles. The van der Waals surface area contributed by atoms with Crippen LogP contribution in [0.25, 0.3) is 11.0 Å². The predicted molar refractivity (Wildman–Crippen MR) is 88.3 cm³/mol. The highest BCUT2D eigenvalue weighted by Gasteiger charge is 2.22. The van der Waals surface area contributed by atoms with Crippen molar-refractivity contribution in [3.8, 4) is 0 Å². The Hall–Kier alpha value is -2.16. The number of furan rings is 1. The Balaban J connectivity index is 2.03. The van der Waals surface area contributed by atoms with Crippen molar-refractivity contribution >= 4 is 28.5 Å². The van der Waals surface area contributed by atoms with Crippen LogP contribution in [-0.4, -0.2) is 32.3 Å². The molecule has 0 radical (unpaired) electrons. The summed E-state index contributed by atoms with van der Waals surface area (Å²) < 4.78 is 21.7. The summed E-state index contributed by atoms with van der Waals surface area (Å²) in [5.74, 6) is 0.477. The maximum Gasteiger partial charge on any atom is 0.226 e. The largest absolute Gasteiger partial charge is 0.467 e. The molecular weight excluding hydrogens is 337 g/mol. The second-order valence-electron chi connectivity index (χ2n) is 5.44. The second-order valence-corrected chi connectivity index (χ2v) is 5.78. The van der Waals surface area contributed by atoms with Crippen LogP contribution < -0.4 is 11.1 Å². The van der Waals surface area contributed by atoms with E-state index < -0.39 is 11.9 Å². The molecule has 4 N–H and O–H groups in total. The molecule has 0 aromatic carbocycles. The normalized spacial score (nSPS) is 12.7. The molecule has 0 fully saturated rings. The summed E-state index contributed by atoms with van der Waals surface area (Å²) in [7, 11) is 1.67. The van der Waals surface area contributed by atoms with Gasteiger partial charge in [0.25, 0.3) is 0 Å². The van der Waals surface area contributed by atoms with E-state index in [1.165, 1.54) is 0 Å². The number of aromatic nitrogens is 3. The summed E-state index contributed by atoms with van der Waals surface area (Å²) in [5, 5.41) is 12.4. The molecule has 0 aliphatic rings. The van der Waals surface area contributed by atoms with Gasteiger partial charge < -0.3 is 25.1 Å². The van der Waals surface area contributed by atoms with Crippen molar-refractivity contribution in [3.05, 3.63) is 41.0 Å². The van der Waals surface area contributed by atoms with Crippen LogP contribution in [0.4, 0.5) is 10.2 Å². The van der Waals surface area contributed by atoms with Gasteiger partial charge in [0, 0.05) is 19.5 Å². The maximum atomic E-state index is 14.9. The van der Waals surface area contributed by atoms with Gasteiger partial charge >= 0.3 is 0 Å². The zero-order valence-corrected chi connectivity index (χ0v) is 13.7. The van der Waals surface area contributed by atoms with Gasteiger partial charge in [-0.3, -0.25) is 0 Å². The number of rotatable bonds is 6. The van der Waals surface area contributed by atoms with Crippen LogP contribution in [0.2, 0.25) is 5.28 Å². The summed E-state index contributed by atoms with van der Waals surface area (Å²) in [6.07, 6.45) is 1.72. The van der Waals surface area contributed by atoms with Crippen molar-refractivity contribution in [2.45, 2.75) is 19.0 Å². The standard InChI is InChI=1S/C15H17ClFN5O2/c1-22-10(5-8(18)7-23)12(17)11-13(20-15(16)21-14(11)22)19-6-9-3-2-4-24-9/h2-4,8,23H,5-7,18H2,1H3,(H,19,20,21)/t8-/m1/s1. The number of aryl methyl sites for hydroxylation is 1. The molecule has 0 saturated heterocycles. The monoisotopic (exact) mass is 353 g/mol. The number of nitrogens with two attached hydrogens (primary N) is 1. The van der Waals surface area contributed by atoms with E-state index in [2.05, 4.69) is 15.3 Å². The van der Waals surface area contributed by atoms with Gasteiger partial charge in [-0.25, -0.2) is 4.39 Å². The molecular formula is C15H17ClFN5O2. The molecule has 0 bridgehead atoms. The fraction of sp³-hybridized carbons (Fsp3) is 0.333. The van der Waals surface area contributed by atoms with Crippen LogP contribution >= 0.6 is 11.6 Å². The third-order valence-corrected chi connectivity index (χ3v) is 3.93. The van der Waals surface area contributed by atoms with Crippen molar-refractivity contribution in [2.75, 3.05) is 11.9 Å². The van der Waals surface area contributed by atoms with Gasteiger partial charge in [0.2, 0.25) is 5.28 Å². The van der Waals surface area contributed by atoms with Gasteiger partial charge in [-0.05, 0) is 23.7 Å². The van der Waals surface area contributed by atoms with E-state index in [1.807, 2.05) is 0 Å². The highest BCUT2D eigenvalue weighted by atomic mass is 35.5. The van der Waals surface area contributed by atoms with Crippen molar-refractivity contribution in [2.24, 2.45) is 12.8 Å². The van der Waals surface area contributed by atoms with Crippen LogP contribution in [0.3, 0.4) is 0 Å². The molecule has 0 spiro atoms. The number of nitrogens with one attached hydrogen (secondary N) is 1. The first-order valence-electron chi connectivity index (χ1n) is 7.34. The lowest BCUT2D eigenvalue weighted by Crippen LogP contribution is -2.28. The number of halogens is 2. The molecule has 0 aliphatic heterocycles. The van der Waals surface area contributed by atoms with E-state index in [0.29, 0.717) is 23.6 Å². The van der Waals surface area contributed by atoms with E-state index in [1.54, 1.807) is 30.0 Å². The molecule has 0 unspecified atom stereocenters. The van der Waals surface area contributed by atoms with Crippen molar-refractivity contribution in [1.29, 1.82) is 0 Å². The molecule has 3 aromatic rings. The minimum absolute atomic E-state index is 0.00283. The molecule has 0 amide bonds. The SMILES string of the molecule is Cn1c(C[C@@H](N)CO)c(F)c2c(NCc3ccco3)nc(Cl)nc21. The number of aliphatic hydroxyl groups is 1. The maximum absolute atomic E-state index is 14.9. The Morgan fingerprint density at radius 1 is 1.50 bits per heavy atom. The van der Waals surface area contributed by atoms with Crippen LogP contribution in [0.5, 0.6) is 0 Å². The predicted octanol–water partition coefficient (Wildman–Crippen LogP) is 1.83. The number of nitrogens with zero attached hydrogens (tertiary/aromatic N) is 3. The lowest BCUT2D eigenvalue weighted by atomic mass is 10.1. The Morgan fingerprint density at radius 3 is 2.96 bits per heavy atom. The van der Waals surface area contributed by atoms with Crippen LogP contribution in [0.1, 0.15) is 11.5 Å². The van der Waals surface area contributed by atoms with Crippen molar-refractivity contribution in [1.82, 2.24) is 14.5 Å². The quantitative estimate of drug-likeness (QED) is 0.584. The van der Waals surface area contributed by atoms with Gasteiger partial charge in [0.1, 0.15) is 17.2 Å². The lowest BCUT2D eigenvalue weighted by molar-refractivity contribution is 0.263. The number of hydrogen-bond acceptors (Lipinski definition) is 6. The van der Waals surface area contributed by atoms with Crippen LogP contribution in [-0.2, 0) is 20.0 Å². The molecule has 7 nitrogen and oxygen atoms in total. The minimum Gasteiger partial charge on any atom is -0.467 e. The van der Waals surface area contributed by atoms with Crippen molar-refractivity contribution < 1.29 is 13.9 Å². The van der Waals surface area contributed by atoms with Gasteiger partial charge in [-0.2, -0.15) is 9.97 Å². The minimum atomic E-state index is -0.564. The topological polar surface area (TPSA) is 102 Å². The molecule has 3 rings (SSSR count). The van der Waals surface area contributed by atoms with Crippen LogP contribution in [0, 0.1) is 5.82 Å². The average molecular weight is 354 g/mol. The summed E-state index contributed by atoms with van der Waals surface area (Å²) in [4.78, 5) is 8.19. The Kier molecular flexibility index (Phi) is 4.70. The first kappa shape index (κ1) is 16.7. The van der Waals surface area contributed by atoms with Gasteiger partial charge in [-0.1, -0.05) is 0 Å².